The van der Waals surface area contributed by atoms with Gasteiger partial charge in [0.15, 0.2) is 0 Å². The number of hydrogen-bond donors (Lipinski definition) is 1. The Morgan fingerprint density at radius 2 is 1.57 bits per heavy atom. The third kappa shape index (κ3) is 9.24. The van der Waals surface area contributed by atoms with Crippen LogP contribution in [0, 0.1) is 0 Å². The lowest BCUT2D eigenvalue weighted by Gasteiger charge is -2.51. The quantitative estimate of drug-likeness (QED) is 0.116. The van der Waals surface area contributed by atoms with Gasteiger partial charge in [-0.2, -0.15) is 13.5 Å². The highest BCUT2D eigenvalue weighted by Gasteiger charge is 2.53. The van der Waals surface area contributed by atoms with Gasteiger partial charge in [0.2, 0.25) is 0 Å². The molecule has 266 valence electrons. The number of unbranched alkanes of at least 4 members (excludes halogenated alkanes) is 3. The third-order valence-corrected chi connectivity index (χ3v) is 10.2. The predicted octanol–water partition coefficient (Wildman–Crippen LogP) is 3.33. The van der Waals surface area contributed by atoms with Gasteiger partial charge in [-0.25, -0.2) is 9.86 Å². The molecular weight excluding hydrogens is 618 g/mol. The van der Waals surface area contributed by atoms with Crippen LogP contribution in [0.3, 0.4) is 0 Å². The van der Waals surface area contributed by atoms with Crippen LogP contribution in [0.5, 0.6) is 0 Å². The summed E-state index contributed by atoms with van der Waals surface area (Å²) in [5, 5.41) is 13.4. The van der Waals surface area contributed by atoms with Gasteiger partial charge in [-0.05, 0) is 52.4 Å². The predicted molar refractivity (Wildman–Crippen MR) is 169 cm³/mol. The van der Waals surface area contributed by atoms with E-state index < -0.39 is 52.2 Å². The second-order valence-corrected chi connectivity index (χ2v) is 15.0. The highest BCUT2D eigenvalue weighted by Crippen LogP contribution is 2.37. The molecule has 46 heavy (non-hydrogen) atoms. The standard InChI is InChI=1S/C31H57N5O9S/c1-7-11-17-36(18-12-8-2,19-13-9-3)25(14-10-4)20-31(5,6)35(44-26-22-32(23-26)30(39)40)28(37)27-16-15-24-21-33(27)29(38)34(24)45-46(41,42)43/h24-27H,7-23H2,1-6H3,(H-,39,40,41,42,43)/t24-,25?,27+/m1/s1. The summed E-state index contributed by atoms with van der Waals surface area (Å²) in [5.74, 6) is -0.443. The van der Waals surface area contributed by atoms with Crippen molar-refractivity contribution < 1.29 is 46.1 Å². The maximum Gasteiger partial charge on any atom is 0.418 e. The smallest absolute Gasteiger partial charge is 0.418 e. The van der Waals surface area contributed by atoms with Crippen LogP contribution in [0.15, 0.2) is 0 Å². The molecule has 3 aliphatic heterocycles. The van der Waals surface area contributed by atoms with Crippen molar-refractivity contribution in [3.63, 3.8) is 0 Å². The number of urea groups is 1. The van der Waals surface area contributed by atoms with Gasteiger partial charge in [-0.15, -0.1) is 4.28 Å². The Balaban J connectivity index is 1.95. The zero-order chi connectivity index (χ0) is 34.3. The first-order chi connectivity index (χ1) is 21.6. The van der Waals surface area contributed by atoms with Gasteiger partial charge in [0.25, 0.3) is 5.91 Å². The highest BCUT2D eigenvalue weighted by molar-refractivity contribution is 7.80. The Bertz CT molecular complexity index is 1130. The minimum atomic E-state index is -4.93. The van der Waals surface area contributed by atoms with Crippen LogP contribution < -0.4 is 5.11 Å². The number of amides is 4. The summed E-state index contributed by atoms with van der Waals surface area (Å²) in [7, 11) is -4.93. The highest BCUT2D eigenvalue weighted by atomic mass is 32.3. The maximum atomic E-state index is 14.5. The third-order valence-electron chi connectivity index (χ3n) is 9.90. The molecule has 3 rings (SSSR count). The number of carboxylic acid groups (broad SMARTS) is 1. The summed E-state index contributed by atoms with van der Waals surface area (Å²) in [5.41, 5.74) is -0.836. The van der Waals surface area contributed by atoms with Gasteiger partial charge >= 0.3 is 16.4 Å². The van der Waals surface area contributed by atoms with E-state index in [1.807, 2.05) is 13.8 Å². The summed E-state index contributed by atoms with van der Waals surface area (Å²) >= 11 is 0. The topological polar surface area (TPSA) is 160 Å². The van der Waals surface area contributed by atoms with E-state index in [0.29, 0.717) is 11.5 Å². The molecule has 0 radical (unpaired) electrons. The largest absolute Gasteiger partial charge is 0.530 e. The van der Waals surface area contributed by atoms with Crippen LogP contribution in [-0.4, -0.2) is 124 Å². The number of fused-ring (bicyclic) bond motifs is 2. The molecule has 0 aromatic rings. The Morgan fingerprint density at radius 1 is 1.00 bits per heavy atom. The fourth-order valence-corrected chi connectivity index (χ4v) is 7.77. The Kier molecular flexibility index (Phi) is 13.5. The molecule has 4 amide bonds. The molecule has 3 saturated heterocycles. The summed E-state index contributed by atoms with van der Waals surface area (Å²) in [6, 6.07) is -2.15. The summed E-state index contributed by atoms with van der Waals surface area (Å²) in [6.07, 6.45) is 7.87. The average molecular weight is 676 g/mol. The van der Waals surface area contributed by atoms with Gasteiger partial charge < -0.3 is 24.2 Å². The van der Waals surface area contributed by atoms with Crippen LogP contribution in [0.2, 0.25) is 0 Å². The van der Waals surface area contributed by atoms with Crippen LogP contribution in [0.25, 0.3) is 0 Å². The molecule has 1 unspecified atom stereocenters. The second kappa shape index (κ2) is 16.3. The number of likely N-dealkylation sites (tertiary alicyclic amines) is 1. The number of hydrogen-bond acceptors (Lipinski definition) is 8. The van der Waals surface area contributed by atoms with Crippen LogP contribution in [0.4, 0.5) is 9.59 Å². The van der Waals surface area contributed by atoms with Gasteiger partial charge in [-0.3, -0.25) is 14.2 Å². The molecule has 15 heteroatoms. The minimum Gasteiger partial charge on any atom is -0.530 e. The molecule has 0 spiro atoms. The van der Waals surface area contributed by atoms with Crippen molar-refractivity contribution in [1.82, 2.24) is 19.9 Å². The normalized spacial score (nSPS) is 21.5. The van der Waals surface area contributed by atoms with Crippen molar-refractivity contribution in [1.29, 1.82) is 0 Å². The number of carbonyl (C=O) groups excluding carboxylic acids is 3. The summed E-state index contributed by atoms with van der Waals surface area (Å²) in [6.45, 7) is 16.2. The zero-order valence-electron chi connectivity index (χ0n) is 28.7. The molecular formula is C31H57N5O9S. The van der Waals surface area contributed by atoms with Gasteiger partial charge in [0.1, 0.15) is 18.2 Å². The van der Waals surface area contributed by atoms with Gasteiger partial charge in [-0.1, -0.05) is 53.4 Å². The maximum absolute atomic E-state index is 14.5. The molecule has 0 aliphatic carbocycles. The van der Waals surface area contributed by atoms with Gasteiger partial charge in [0, 0.05) is 26.1 Å². The molecule has 1 N–H and O–H groups in total. The van der Waals surface area contributed by atoms with Crippen molar-refractivity contribution >= 4 is 28.4 Å². The monoisotopic (exact) mass is 675 g/mol. The van der Waals surface area contributed by atoms with E-state index >= 15 is 0 Å². The molecule has 0 aromatic carbocycles. The first-order valence-corrected chi connectivity index (χ1v) is 18.6. The molecule has 2 bridgehead atoms. The average Bonchev–Trinajstić information content (AvgIpc) is 3.18. The molecule has 3 atom stereocenters. The lowest BCUT2D eigenvalue weighted by molar-refractivity contribution is -0.953. The van der Waals surface area contributed by atoms with Crippen molar-refractivity contribution in [3.8, 4) is 0 Å². The van der Waals surface area contributed by atoms with Crippen LogP contribution in [0.1, 0.15) is 112 Å². The van der Waals surface area contributed by atoms with Crippen molar-refractivity contribution in [2.24, 2.45) is 0 Å². The fourth-order valence-electron chi connectivity index (χ4n) is 7.38. The minimum absolute atomic E-state index is 0.0600. The van der Waals surface area contributed by atoms with E-state index in [9.17, 15) is 32.5 Å². The molecule has 3 heterocycles. The summed E-state index contributed by atoms with van der Waals surface area (Å²) < 4.78 is 37.6. The fraction of sp³-hybridized carbons (Fsp3) is 0.903. The number of hydroxylamine groups is 4. The molecule has 0 saturated carbocycles. The van der Waals surface area contributed by atoms with E-state index in [1.54, 1.807) is 0 Å². The number of nitrogens with zero attached hydrogens (tertiary/aromatic N) is 5. The van der Waals surface area contributed by atoms with E-state index in [2.05, 4.69) is 32.0 Å². The van der Waals surface area contributed by atoms with E-state index in [4.69, 9.17) is 4.84 Å². The van der Waals surface area contributed by atoms with Crippen molar-refractivity contribution in [3.05, 3.63) is 0 Å². The Hall–Kier alpha value is -2.20. The zero-order valence-corrected chi connectivity index (χ0v) is 29.5. The lowest BCUT2D eigenvalue weighted by atomic mass is 9.88. The Labute approximate surface area is 275 Å². The Morgan fingerprint density at radius 3 is 2.04 bits per heavy atom. The summed E-state index contributed by atoms with van der Waals surface area (Å²) in [4.78, 5) is 47.8. The van der Waals surface area contributed by atoms with Gasteiger partial charge in [0.05, 0.1) is 37.3 Å². The number of quaternary nitrogens is 1. The number of rotatable bonds is 20. The molecule has 3 aliphatic rings. The molecule has 0 aromatic heterocycles. The second-order valence-electron chi connectivity index (χ2n) is 13.9. The number of piperidine rings is 1. The van der Waals surface area contributed by atoms with E-state index in [0.717, 1.165) is 80.4 Å². The van der Waals surface area contributed by atoms with E-state index in [-0.39, 0.29) is 38.5 Å². The van der Waals surface area contributed by atoms with E-state index in [1.165, 1.54) is 9.96 Å². The molecule has 14 nitrogen and oxygen atoms in total. The first kappa shape index (κ1) is 38.2. The van der Waals surface area contributed by atoms with Crippen LogP contribution >= 0.6 is 0 Å². The van der Waals surface area contributed by atoms with Crippen molar-refractivity contribution in [2.45, 2.75) is 142 Å². The number of carbonyl (C=O) groups is 3. The SMILES string of the molecule is CCCC[N+](CCCC)(CCCC)C(CCC)CC(C)(C)N(OC1CN(C(=O)[O-])C1)C(=O)[C@@H]1CC[C@@H]2CN1C(=O)N2OS(=O)(=O)O. The molecule has 3 fully saturated rings. The first-order valence-electron chi connectivity index (χ1n) is 17.2. The lowest BCUT2D eigenvalue weighted by Crippen LogP contribution is -2.65. The van der Waals surface area contributed by atoms with Crippen LogP contribution in [-0.2, 0) is 24.3 Å². The van der Waals surface area contributed by atoms with Crippen molar-refractivity contribution in [2.75, 3.05) is 39.3 Å².